The maximum Gasteiger partial charge on any atom is 0.0498 e. The van der Waals surface area contributed by atoms with Gasteiger partial charge >= 0.3 is 0 Å². The largest absolute Gasteiger partial charge is 0.370 e. The molecule has 1 aromatic carbocycles. The molecule has 4 heteroatoms. The van der Waals surface area contributed by atoms with Crippen molar-refractivity contribution < 1.29 is 4.21 Å². The predicted octanol–water partition coefficient (Wildman–Crippen LogP) is 2.76. The second-order valence-electron chi connectivity index (χ2n) is 4.61. The van der Waals surface area contributed by atoms with Crippen molar-refractivity contribution in [3.63, 3.8) is 0 Å². The van der Waals surface area contributed by atoms with Crippen molar-refractivity contribution >= 4 is 16.5 Å². The minimum absolute atomic E-state index is 0.820. The lowest BCUT2D eigenvalue weighted by atomic mass is 10.2. The Kier molecular flexibility index (Phi) is 4.32. The average molecular weight is 274 g/mol. The summed E-state index contributed by atoms with van der Waals surface area (Å²) >= 11 is 0. The number of hydrogen-bond acceptors (Lipinski definition) is 3. The summed E-state index contributed by atoms with van der Waals surface area (Å²) in [6.07, 6.45) is 3.52. The number of pyridine rings is 1. The number of benzene rings is 1. The number of anilines is 1. The van der Waals surface area contributed by atoms with Crippen LogP contribution >= 0.6 is 0 Å². The molecule has 0 N–H and O–H groups in total. The Labute approximate surface area is 116 Å². The van der Waals surface area contributed by atoms with E-state index < -0.39 is 10.8 Å². The molecule has 3 nitrogen and oxygen atoms in total. The maximum absolute atomic E-state index is 11.3. The zero-order valence-electron chi connectivity index (χ0n) is 11.5. The molecule has 0 saturated heterocycles. The van der Waals surface area contributed by atoms with Gasteiger partial charge in [0, 0.05) is 53.1 Å². The molecule has 19 heavy (non-hydrogen) atoms. The van der Waals surface area contributed by atoms with Crippen LogP contribution < -0.4 is 4.90 Å². The fourth-order valence-electron chi connectivity index (χ4n) is 1.92. The third-order valence-electron chi connectivity index (χ3n) is 3.00. The number of hydrogen-bond donors (Lipinski definition) is 0. The van der Waals surface area contributed by atoms with Crippen LogP contribution in [0.5, 0.6) is 0 Å². The Bertz CT molecular complexity index is 581. The normalized spacial score (nSPS) is 12.2. The molecule has 0 bridgehead atoms. The maximum atomic E-state index is 11.3. The van der Waals surface area contributed by atoms with E-state index in [0.29, 0.717) is 0 Å². The van der Waals surface area contributed by atoms with E-state index >= 15 is 0 Å². The van der Waals surface area contributed by atoms with Crippen molar-refractivity contribution in [3.05, 3.63) is 53.9 Å². The fraction of sp³-hybridized carbons (Fsp3) is 0.267. The van der Waals surface area contributed by atoms with Crippen molar-refractivity contribution in [3.8, 4) is 0 Å². The van der Waals surface area contributed by atoms with Crippen LogP contribution in [0.15, 0.2) is 47.5 Å². The highest BCUT2D eigenvalue weighted by Crippen LogP contribution is 2.16. The zero-order valence-corrected chi connectivity index (χ0v) is 12.3. The topological polar surface area (TPSA) is 33.2 Å². The van der Waals surface area contributed by atoms with Crippen molar-refractivity contribution in [2.75, 3.05) is 18.2 Å². The van der Waals surface area contributed by atoms with Crippen LogP contribution in [0.3, 0.4) is 0 Å². The Morgan fingerprint density at radius 1 is 1.21 bits per heavy atom. The SMILES string of the molecule is Cc1cc(N(C)Cc2ccc(S(C)=O)cc2)ccn1. The monoisotopic (exact) mass is 274 g/mol. The van der Waals surface area contributed by atoms with Gasteiger partial charge in [-0.15, -0.1) is 0 Å². The van der Waals surface area contributed by atoms with Gasteiger partial charge in [-0.2, -0.15) is 0 Å². The molecule has 1 aromatic heterocycles. The lowest BCUT2D eigenvalue weighted by Gasteiger charge is -2.19. The molecule has 0 spiro atoms. The van der Waals surface area contributed by atoms with Gasteiger partial charge in [0.05, 0.1) is 0 Å². The van der Waals surface area contributed by atoms with Gasteiger partial charge in [-0.05, 0) is 36.8 Å². The first-order chi connectivity index (χ1) is 9.06. The Balaban J connectivity index is 2.10. The van der Waals surface area contributed by atoms with E-state index in [-0.39, 0.29) is 0 Å². The van der Waals surface area contributed by atoms with Gasteiger partial charge in [0.15, 0.2) is 0 Å². The van der Waals surface area contributed by atoms with Crippen LogP contribution in [0.25, 0.3) is 0 Å². The predicted molar refractivity (Wildman–Crippen MR) is 79.9 cm³/mol. The molecule has 0 aliphatic carbocycles. The lowest BCUT2D eigenvalue weighted by Crippen LogP contribution is -2.16. The van der Waals surface area contributed by atoms with Crippen LogP contribution in [0.2, 0.25) is 0 Å². The summed E-state index contributed by atoms with van der Waals surface area (Å²) in [5.74, 6) is 0. The number of nitrogens with zero attached hydrogens (tertiary/aromatic N) is 2. The van der Waals surface area contributed by atoms with Gasteiger partial charge in [-0.1, -0.05) is 12.1 Å². The highest BCUT2D eigenvalue weighted by molar-refractivity contribution is 7.84. The smallest absolute Gasteiger partial charge is 0.0498 e. The van der Waals surface area contributed by atoms with Crippen molar-refractivity contribution in [1.29, 1.82) is 0 Å². The molecule has 0 radical (unpaired) electrons. The molecule has 0 aliphatic heterocycles. The molecule has 0 fully saturated rings. The Morgan fingerprint density at radius 3 is 2.47 bits per heavy atom. The van der Waals surface area contributed by atoms with E-state index in [9.17, 15) is 4.21 Å². The second-order valence-corrected chi connectivity index (χ2v) is 5.99. The van der Waals surface area contributed by atoms with Crippen molar-refractivity contribution in [1.82, 2.24) is 4.98 Å². The van der Waals surface area contributed by atoms with E-state index in [1.807, 2.05) is 43.5 Å². The molecule has 1 unspecified atom stereocenters. The van der Waals surface area contributed by atoms with Crippen molar-refractivity contribution in [2.45, 2.75) is 18.4 Å². The molecule has 1 atom stereocenters. The lowest BCUT2D eigenvalue weighted by molar-refractivity contribution is 0.687. The Hall–Kier alpha value is -1.68. The van der Waals surface area contributed by atoms with Crippen LogP contribution in [-0.4, -0.2) is 22.5 Å². The molecule has 100 valence electrons. The second kappa shape index (κ2) is 5.97. The van der Waals surface area contributed by atoms with E-state index in [0.717, 1.165) is 22.8 Å². The number of aromatic nitrogens is 1. The van der Waals surface area contributed by atoms with E-state index in [4.69, 9.17) is 0 Å². The Morgan fingerprint density at radius 2 is 1.89 bits per heavy atom. The standard InChI is InChI=1S/C15H18N2OS/c1-12-10-14(8-9-16-12)17(2)11-13-4-6-15(7-5-13)19(3)18/h4-10H,11H2,1-3H3. The van der Waals surface area contributed by atoms with Gasteiger partial charge in [-0.3, -0.25) is 9.19 Å². The highest BCUT2D eigenvalue weighted by atomic mass is 32.2. The van der Waals surface area contributed by atoms with Gasteiger partial charge in [-0.25, -0.2) is 0 Å². The summed E-state index contributed by atoms with van der Waals surface area (Å²) in [5.41, 5.74) is 3.36. The first-order valence-corrected chi connectivity index (χ1v) is 7.68. The first kappa shape index (κ1) is 13.7. The van der Waals surface area contributed by atoms with Crippen LogP contribution in [0.4, 0.5) is 5.69 Å². The summed E-state index contributed by atoms with van der Waals surface area (Å²) in [4.78, 5) is 7.24. The molecule has 0 aliphatic rings. The third kappa shape index (κ3) is 3.64. The minimum Gasteiger partial charge on any atom is -0.370 e. The van der Waals surface area contributed by atoms with Crippen molar-refractivity contribution in [2.24, 2.45) is 0 Å². The summed E-state index contributed by atoms with van der Waals surface area (Å²) in [6.45, 7) is 2.81. The average Bonchev–Trinajstić information content (AvgIpc) is 2.39. The number of rotatable bonds is 4. The molecule has 2 rings (SSSR count). The van der Waals surface area contributed by atoms with Gasteiger partial charge in [0.25, 0.3) is 0 Å². The zero-order chi connectivity index (χ0) is 13.8. The fourth-order valence-corrected chi connectivity index (χ4v) is 2.44. The van der Waals surface area contributed by atoms with E-state index in [1.54, 1.807) is 6.26 Å². The summed E-state index contributed by atoms with van der Waals surface area (Å²) < 4.78 is 11.3. The molecule has 0 saturated carbocycles. The van der Waals surface area contributed by atoms with E-state index in [1.165, 1.54) is 5.56 Å². The molecular weight excluding hydrogens is 256 g/mol. The van der Waals surface area contributed by atoms with Crippen LogP contribution in [0, 0.1) is 6.92 Å². The number of aryl methyl sites for hydroxylation is 1. The minimum atomic E-state index is -0.911. The molecule has 0 amide bonds. The van der Waals surface area contributed by atoms with Crippen LogP contribution in [0.1, 0.15) is 11.3 Å². The molecule has 1 heterocycles. The van der Waals surface area contributed by atoms with Gasteiger partial charge in [0.2, 0.25) is 0 Å². The molecular formula is C15H18N2OS. The summed E-state index contributed by atoms with van der Waals surface area (Å²) in [5, 5.41) is 0. The summed E-state index contributed by atoms with van der Waals surface area (Å²) in [6, 6.07) is 12.0. The summed E-state index contributed by atoms with van der Waals surface area (Å²) in [7, 11) is 1.15. The third-order valence-corrected chi connectivity index (χ3v) is 3.93. The highest BCUT2D eigenvalue weighted by Gasteiger charge is 2.03. The quantitative estimate of drug-likeness (QED) is 0.859. The van der Waals surface area contributed by atoms with Gasteiger partial charge in [0.1, 0.15) is 0 Å². The van der Waals surface area contributed by atoms with Crippen LogP contribution in [-0.2, 0) is 17.3 Å². The molecule has 2 aromatic rings. The first-order valence-electron chi connectivity index (χ1n) is 6.12. The van der Waals surface area contributed by atoms with E-state index in [2.05, 4.69) is 23.0 Å². The van der Waals surface area contributed by atoms with Gasteiger partial charge < -0.3 is 4.90 Å².